The zero-order valence-corrected chi connectivity index (χ0v) is 15.8. The summed E-state index contributed by atoms with van der Waals surface area (Å²) in [5, 5.41) is 2.66. The van der Waals surface area contributed by atoms with Gasteiger partial charge in [0.25, 0.3) is 5.91 Å². The Balaban J connectivity index is 1.91. The van der Waals surface area contributed by atoms with Crippen LogP contribution in [-0.2, 0) is 16.1 Å². The van der Waals surface area contributed by atoms with Gasteiger partial charge in [0.05, 0.1) is 12.1 Å². The molecule has 7 heteroatoms. The number of rotatable bonds is 6. The first-order chi connectivity index (χ1) is 13.4. The third-order valence-electron chi connectivity index (χ3n) is 4.63. The minimum Gasteiger partial charge on any atom is -0.356 e. The third kappa shape index (κ3) is 4.03. The van der Waals surface area contributed by atoms with Gasteiger partial charge < -0.3 is 10.2 Å². The lowest BCUT2D eigenvalue weighted by molar-refractivity contribution is -0.127. The molecular formula is C21H22FN3O3. The van der Waals surface area contributed by atoms with E-state index in [1.807, 2.05) is 31.2 Å². The summed E-state index contributed by atoms with van der Waals surface area (Å²) in [5.41, 5.74) is 2.22. The maximum Gasteiger partial charge on any atom is 0.332 e. The molecule has 4 amide bonds. The fraction of sp³-hybridized carbons (Fsp3) is 0.286. The summed E-state index contributed by atoms with van der Waals surface area (Å²) in [6.07, 6.45) is -0.123. The van der Waals surface area contributed by atoms with Crippen molar-refractivity contribution in [3.63, 3.8) is 0 Å². The average molecular weight is 383 g/mol. The summed E-state index contributed by atoms with van der Waals surface area (Å²) in [6, 6.07) is 11.3. The van der Waals surface area contributed by atoms with Crippen LogP contribution < -0.4 is 10.2 Å². The molecule has 6 nitrogen and oxygen atoms in total. The van der Waals surface area contributed by atoms with Crippen LogP contribution in [0.2, 0.25) is 0 Å². The van der Waals surface area contributed by atoms with Gasteiger partial charge in [-0.1, -0.05) is 29.8 Å². The van der Waals surface area contributed by atoms with Gasteiger partial charge in [-0.3, -0.25) is 9.59 Å². The Morgan fingerprint density at radius 2 is 1.71 bits per heavy atom. The summed E-state index contributed by atoms with van der Waals surface area (Å²) in [4.78, 5) is 40.5. The lowest BCUT2D eigenvalue weighted by Gasteiger charge is -2.21. The second-order valence-corrected chi connectivity index (χ2v) is 6.72. The van der Waals surface area contributed by atoms with E-state index >= 15 is 0 Å². The highest BCUT2D eigenvalue weighted by Gasteiger charge is 2.46. The van der Waals surface area contributed by atoms with Crippen molar-refractivity contribution in [2.75, 3.05) is 11.4 Å². The Hall–Kier alpha value is -3.22. The normalized spacial score (nSPS) is 16.6. The summed E-state index contributed by atoms with van der Waals surface area (Å²) < 4.78 is 13.2. The highest BCUT2D eigenvalue weighted by Crippen LogP contribution is 2.28. The Labute approximate surface area is 162 Å². The monoisotopic (exact) mass is 383 g/mol. The first kappa shape index (κ1) is 19.5. The van der Waals surface area contributed by atoms with Gasteiger partial charge in [0, 0.05) is 13.1 Å². The molecule has 0 unspecified atom stereocenters. The Morgan fingerprint density at radius 3 is 2.32 bits per heavy atom. The molecule has 146 valence electrons. The Bertz CT molecular complexity index is 881. The lowest BCUT2D eigenvalue weighted by Crippen LogP contribution is -2.39. The predicted octanol–water partition coefficient (Wildman–Crippen LogP) is 3.00. The van der Waals surface area contributed by atoms with Crippen molar-refractivity contribution in [1.29, 1.82) is 0 Å². The smallest absolute Gasteiger partial charge is 0.332 e. The van der Waals surface area contributed by atoms with Gasteiger partial charge in [-0.15, -0.1) is 0 Å². The predicted molar refractivity (Wildman–Crippen MR) is 103 cm³/mol. The molecule has 0 aromatic heterocycles. The molecule has 2 aromatic rings. The van der Waals surface area contributed by atoms with Crippen molar-refractivity contribution in [2.45, 2.75) is 32.9 Å². The number of benzene rings is 2. The van der Waals surface area contributed by atoms with Gasteiger partial charge in [0.2, 0.25) is 5.91 Å². The molecular weight excluding hydrogens is 361 g/mol. The standard InChI is InChI=1S/C21H22FN3O3/c1-3-23-19(26)12-18-20(27)25(17-10-8-16(22)9-11-17)21(28)24(18)13-15-6-4-14(2)5-7-15/h4-11,18H,3,12-13H2,1-2H3,(H,23,26)/t18-/m1/s1. The number of urea groups is 1. The van der Waals surface area contributed by atoms with E-state index in [1.54, 1.807) is 6.92 Å². The quantitative estimate of drug-likeness (QED) is 0.780. The molecule has 28 heavy (non-hydrogen) atoms. The number of nitrogens with one attached hydrogen (secondary N) is 1. The number of carbonyl (C=O) groups excluding carboxylic acids is 3. The van der Waals surface area contributed by atoms with Gasteiger partial charge in [-0.05, 0) is 43.7 Å². The number of anilines is 1. The highest BCUT2D eigenvalue weighted by molar-refractivity contribution is 6.22. The lowest BCUT2D eigenvalue weighted by atomic mass is 10.1. The molecule has 2 aromatic carbocycles. The molecule has 0 saturated carbocycles. The number of halogens is 1. The Kier molecular flexibility index (Phi) is 5.73. The maximum absolute atomic E-state index is 13.2. The van der Waals surface area contributed by atoms with Crippen LogP contribution in [0, 0.1) is 12.7 Å². The first-order valence-corrected chi connectivity index (χ1v) is 9.13. The zero-order valence-electron chi connectivity index (χ0n) is 15.8. The zero-order chi connectivity index (χ0) is 20.3. The van der Waals surface area contributed by atoms with Gasteiger partial charge in [0.15, 0.2) is 0 Å². The Morgan fingerprint density at radius 1 is 1.07 bits per heavy atom. The van der Waals surface area contributed by atoms with Crippen molar-refractivity contribution >= 4 is 23.5 Å². The van der Waals surface area contributed by atoms with Gasteiger partial charge >= 0.3 is 6.03 Å². The van der Waals surface area contributed by atoms with E-state index in [2.05, 4.69) is 5.32 Å². The SMILES string of the molecule is CCNC(=O)C[C@@H]1C(=O)N(c2ccc(F)cc2)C(=O)N1Cc1ccc(C)cc1. The molecule has 1 N–H and O–H groups in total. The molecule has 1 aliphatic rings. The van der Waals surface area contributed by atoms with E-state index in [4.69, 9.17) is 0 Å². The molecule has 1 atom stereocenters. The van der Waals surface area contributed by atoms with E-state index in [0.29, 0.717) is 6.54 Å². The van der Waals surface area contributed by atoms with Crippen molar-refractivity contribution in [1.82, 2.24) is 10.2 Å². The van der Waals surface area contributed by atoms with E-state index in [0.717, 1.165) is 16.0 Å². The molecule has 1 aliphatic heterocycles. The average Bonchev–Trinajstić information content (AvgIpc) is 2.89. The van der Waals surface area contributed by atoms with Crippen LogP contribution in [0.3, 0.4) is 0 Å². The largest absolute Gasteiger partial charge is 0.356 e. The molecule has 0 spiro atoms. The van der Waals surface area contributed by atoms with Crippen LogP contribution in [0.5, 0.6) is 0 Å². The number of hydrogen-bond acceptors (Lipinski definition) is 3. The number of imide groups is 1. The van der Waals surface area contributed by atoms with Crippen LogP contribution in [-0.4, -0.2) is 35.3 Å². The van der Waals surface area contributed by atoms with E-state index < -0.39 is 23.8 Å². The molecule has 3 rings (SSSR count). The maximum atomic E-state index is 13.2. The number of nitrogens with zero attached hydrogens (tertiary/aromatic N) is 2. The van der Waals surface area contributed by atoms with E-state index in [-0.39, 0.29) is 24.6 Å². The molecule has 0 radical (unpaired) electrons. The van der Waals surface area contributed by atoms with Crippen LogP contribution in [0.1, 0.15) is 24.5 Å². The fourth-order valence-corrected chi connectivity index (χ4v) is 3.18. The second kappa shape index (κ2) is 8.21. The van der Waals surface area contributed by atoms with Crippen molar-refractivity contribution in [3.05, 3.63) is 65.5 Å². The molecule has 0 aliphatic carbocycles. The number of hydrogen-bond donors (Lipinski definition) is 1. The third-order valence-corrected chi connectivity index (χ3v) is 4.63. The van der Waals surface area contributed by atoms with E-state index in [9.17, 15) is 18.8 Å². The van der Waals surface area contributed by atoms with Crippen LogP contribution in [0.4, 0.5) is 14.9 Å². The van der Waals surface area contributed by atoms with E-state index in [1.165, 1.54) is 29.2 Å². The minimum absolute atomic E-state index is 0.123. The summed E-state index contributed by atoms with van der Waals surface area (Å²) in [6.45, 7) is 4.39. The number of amides is 4. The van der Waals surface area contributed by atoms with Crippen LogP contribution in [0.25, 0.3) is 0 Å². The molecule has 1 saturated heterocycles. The number of carbonyl (C=O) groups is 3. The topological polar surface area (TPSA) is 69.7 Å². The van der Waals surface area contributed by atoms with Crippen LogP contribution >= 0.6 is 0 Å². The fourth-order valence-electron chi connectivity index (χ4n) is 3.18. The first-order valence-electron chi connectivity index (χ1n) is 9.13. The minimum atomic E-state index is -0.912. The summed E-state index contributed by atoms with van der Waals surface area (Å²) in [5.74, 6) is -1.25. The van der Waals surface area contributed by atoms with Gasteiger partial charge in [0.1, 0.15) is 11.9 Å². The van der Waals surface area contributed by atoms with Gasteiger partial charge in [-0.2, -0.15) is 0 Å². The number of aryl methyl sites for hydroxylation is 1. The second-order valence-electron chi connectivity index (χ2n) is 6.72. The molecule has 1 fully saturated rings. The summed E-state index contributed by atoms with van der Waals surface area (Å²) in [7, 11) is 0. The van der Waals surface area contributed by atoms with Crippen LogP contribution in [0.15, 0.2) is 48.5 Å². The van der Waals surface area contributed by atoms with Crippen molar-refractivity contribution < 1.29 is 18.8 Å². The molecule has 0 bridgehead atoms. The summed E-state index contributed by atoms with van der Waals surface area (Å²) >= 11 is 0. The van der Waals surface area contributed by atoms with Gasteiger partial charge in [-0.25, -0.2) is 14.1 Å². The highest BCUT2D eigenvalue weighted by atomic mass is 19.1. The van der Waals surface area contributed by atoms with Crippen molar-refractivity contribution in [2.24, 2.45) is 0 Å². The molecule has 1 heterocycles. The van der Waals surface area contributed by atoms with Crippen molar-refractivity contribution in [3.8, 4) is 0 Å².